The van der Waals surface area contributed by atoms with E-state index in [9.17, 15) is 14.0 Å². The van der Waals surface area contributed by atoms with Crippen molar-refractivity contribution in [3.63, 3.8) is 0 Å². The third-order valence-electron chi connectivity index (χ3n) is 5.87. The van der Waals surface area contributed by atoms with Gasteiger partial charge in [-0.25, -0.2) is 4.39 Å². The van der Waals surface area contributed by atoms with E-state index in [-0.39, 0.29) is 29.7 Å². The minimum absolute atomic E-state index is 0.0346. The maximum Gasteiger partial charge on any atom is 0.265 e. The molecule has 0 N–H and O–H groups in total. The molecule has 0 spiro atoms. The topological polar surface area (TPSA) is 60.8 Å². The summed E-state index contributed by atoms with van der Waals surface area (Å²) >= 11 is 4.83. The van der Waals surface area contributed by atoms with Gasteiger partial charge in [-0.05, 0) is 71.9 Å². The molecule has 2 aliphatic rings. The van der Waals surface area contributed by atoms with Crippen LogP contribution < -0.4 is 5.56 Å². The lowest BCUT2D eigenvalue weighted by Gasteiger charge is -2.26. The Hall–Kier alpha value is -2.07. The number of amides is 1. The van der Waals surface area contributed by atoms with Crippen LogP contribution in [-0.2, 0) is 9.47 Å². The SMILES string of the molecule is O=C(c1sc2c(ccc(=O)n2-c2ccc(F)cc2)c1Br)N1CC[C@H](OC2CCCCO2)C1. The van der Waals surface area contributed by atoms with Crippen LogP contribution in [0.15, 0.2) is 45.7 Å². The highest BCUT2D eigenvalue weighted by atomic mass is 79.9. The first-order valence-corrected chi connectivity index (χ1v) is 12.3. The molecule has 0 bridgehead atoms. The van der Waals surface area contributed by atoms with Crippen LogP contribution in [0.4, 0.5) is 4.39 Å². The summed E-state index contributed by atoms with van der Waals surface area (Å²) in [6.07, 6.45) is 3.63. The largest absolute Gasteiger partial charge is 0.353 e. The van der Waals surface area contributed by atoms with Crippen molar-refractivity contribution < 1.29 is 18.7 Å². The summed E-state index contributed by atoms with van der Waals surface area (Å²) in [5.74, 6) is -0.464. The van der Waals surface area contributed by atoms with Crippen molar-refractivity contribution in [2.24, 2.45) is 0 Å². The van der Waals surface area contributed by atoms with E-state index in [4.69, 9.17) is 9.47 Å². The quantitative estimate of drug-likeness (QED) is 0.499. The number of hydrogen-bond acceptors (Lipinski definition) is 5. The molecule has 1 amide bonds. The summed E-state index contributed by atoms with van der Waals surface area (Å²) in [4.78, 5) is 28.9. The number of thiophene rings is 1. The molecule has 0 radical (unpaired) electrons. The number of benzene rings is 1. The van der Waals surface area contributed by atoms with Crippen LogP contribution in [0.1, 0.15) is 35.4 Å². The van der Waals surface area contributed by atoms with Gasteiger partial charge in [-0.3, -0.25) is 14.2 Å². The number of nitrogens with zero attached hydrogens (tertiary/aromatic N) is 2. The Morgan fingerprint density at radius 1 is 1.16 bits per heavy atom. The molecule has 5 rings (SSSR count). The van der Waals surface area contributed by atoms with Crippen LogP contribution in [-0.4, -0.2) is 47.5 Å². The molecule has 0 aliphatic carbocycles. The van der Waals surface area contributed by atoms with Crippen molar-refractivity contribution in [1.82, 2.24) is 9.47 Å². The number of hydrogen-bond donors (Lipinski definition) is 0. The van der Waals surface area contributed by atoms with Crippen LogP contribution in [0.3, 0.4) is 0 Å². The first-order chi connectivity index (χ1) is 15.5. The van der Waals surface area contributed by atoms with Gasteiger partial charge in [0.1, 0.15) is 15.5 Å². The van der Waals surface area contributed by atoms with Crippen LogP contribution in [0.2, 0.25) is 0 Å². The second kappa shape index (κ2) is 9.05. The number of carbonyl (C=O) groups excluding carboxylic acids is 1. The Kier molecular flexibility index (Phi) is 6.16. The Balaban J connectivity index is 1.41. The van der Waals surface area contributed by atoms with Crippen LogP contribution in [0, 0.1) is 5.82 Å². The molecule has 2 fully saturated rings. The number of fused-ring (bicyclic) bond motifs is 1. The van der Waals surface area contributed by atoms with Crippen molar-refractivity contribution in [1.29, 1.82) is 0 Å². The molecule has 1 aromatic carbocycles. The zero-order valence-corrected chi connectivity index (χ0v) is 19.7. The molecule has 6 nitrogen and oxygen atoms in total. The minimum atomic E-state index is -0.373. The highest BCUT2D eigenvalue weighted by Gasteiger charge is 2.32. The molecule has 168 valence electrons. The fraction of sp³-hybridized carbons (Fsp3) is 0.391. The maximum absolute atomic E-state index is 13.4. The second-order valence-electron chi connectivity index (χ2n) is 8.04. The zero-order valence-electron chi connectivity index (χ0n) is 17.3. The van der Waals surface area contributed by atoms with Crippen molar-refractivity contribution in [3.8, 4) is 5.69 Å². The van der Waals surface area contributed by atoms with Crippen LogP contribution in [0.5, 0.6) is 0 Å². The fourth-order valence-electron chi connectivity index (χ4n) is 4.23. The molecule has 9 heteroatoms. The molecule has 32 heavy (non-hydrogen) atoms. The highest BCUT2D eigenvalue weighted by Crippen LogP contribution is 2.37. The summed E-state index contributed by atoms with van der Waals surface area (Å²) in [7, 11) is 0. The van der Waals surface area contributed by atoms with E-state index in [0.717, 1.165) is 37.7 Å². The number of likely N-dealkylation sites (tertiary alicyclic amines) is 1. The van der Waals surface area contributed by atoms with Crippen molar-refractivity contribution in [2.75, 3.05) is 19.7 Å². The van der Waals surface area contributed by atoms with Crippen molar-refractivity contribution in [2.45, 2.75) is 38.1 Å². The Labute approximate surface area is 196 Å². The van der Waals surface area contributed by atoms with Gasteiger partial charge in [0, 0.05) is 31.1 Å². The van der Waals surface area contributed by atoms with Gasteiger partial charge in [-0.1, -0.05) is 0 Å². The number of halogens is 2. The monoisotopic (exact) mass is 520 g/mol. The summed E-state index contributed by atoms with van der Waals surface area (Å²) < 4.78 is 27.3. The third kappa shape index (κ3) is 4.14. The average molecular weight is 521 g/mol. The van der Waals surface area contributed by atoms with Crippen LogP contribution >= 0.6 is 27.3 Å². The van der Waals surface area contributed by atoms with E-state index in [1.54, 1.807) is 23.1 Å². The molecular weight excluding hydrogens is 499 g/mol. The normalized spacial score (nSPS) is 21.4. The van der Waals surface area contributed by atoms with Gasteiger partial charge in [-0.15, -0.1) is 11.3 Å². The summed E-state index contributed by atoms with van der Waals surface area (Å²) in [5.41, 5.74) is 0.316. The Bertz CT molecular complexity index is 1200. The number of carbonyl (C=O) groups is 1. The van der Waals surface area contributed by atoms with Gasteiger partial charge >= 0.3 is 0 Å². The molecule has 2 atom stereocenters. The second-order valence-corrected chi connectivity index (χ2v) is 9.83. The van der Waals surface area contributed by atoms with Crippen LogP contribution in [0.25, 0.3) is 15.9 Å². The fourth-order valence-corrected chi connectivity index (χ4v) is 6.26. The number of pyridine rings is 1. The molecule has 1 unspecified atom stereocenters. The molecular formula is C23H22BrFN2O4S. The van der Waals surface area contributed by atoms with E-state index in [1.165, 1.54) is 34.1 Å². The van der Waals surface area contributed by atoms with Gasteiger partial charge in [0.05, 0.1) is 16.3 Å². The summed E-state index contributed by atoms with van der Waals surface area (Å²) in [5, 5.41) is 0.768. The summed E-state index contributed by atoms with van der Waals surface area (Å²) in [6.45, 7) is 1.86. The van der Waals surface area contributed by atoms with E-state index in [0.29, 0.717) is 33.0 Å². The number of rotatable bonds is 4. The molecule has 3 aromatic rings. The molecule has 2 aromatic heterocycles. The highest BCUT2D eigenvalue weighted by molar-refractivity contribution is 9.10. The zero-order chi connectivity index (χ0) is 22.2. The standard InChI is InChI=1S/C23H22BrFN2O4S/c24-20-17-8-9-18(28)27(15-6-4-14(25)5-7-15)23(17)32-21(20)22(29)26-11-10-16(13-26)31-19-3-1-2-12-30-19/h4-9,16,19H,1-3,10-13H2/t16-,19?/m0/s1. The van der Waals surface area contributed by atoms with Gasteiger partial charge < -0.3 is 14.4 Å². The van der Waals surface area contributed by atoms with Gasteiger partial charge in [0.15, 0.2) is 6.29 Å². The molecule has 0 saturated carbocycles. The lowest BCUT2D eigenvalue weighted by atomic mass is 10.2. The van der Waals surface area contributed by atoms with E-state index in [2.05, 4.69) is 15.9 Å². The average Bonchev–Trinajstić information content (AvgIpc) is 3.39. The van der Waals surface area contributed by atoms with Crippen molar-refractivity contribution >= 4 is 43.4 Å². The smallest absolute Gasteiger partial charge is 0.265 e. The maximum atomic E-state index is 13.4. The molecule has 4 heterocycles. The first kappa shape index (κ1) is 21.8. The van der Waals surface area contributed by atoms with Gasteiger partial charge in [-0.2, -0.15) is 0 Å². The van der Waals surface area contributed by atoms with E-state index >= 15 is 0 Å². The number of ether oxygens (including phenoxy) is 2. The first-order valence-electron chi connectivity index (χ1n) is 10.7. The molecule has 2 saturated heterocycles. The summed E-state index contributed by atoms with van der Waals surface area (Å²) in [6, 6.07) is 8.92. The minimum Gasteiger partial charge on any atom is -0.353 e. The number of aromatic nitrogens is 1. The lowest BCUT2D eigenvalue weighted by Crippen LogP contribution is -2.32. The molecule has 2 aliphatic heterocycles. The lowest BCUT2D eigenvalue weighted by molar-refractivity contribution is -0.184. The van der Waals surface area contributed by atoms with Crippen molar-refractivity contribution in [3.05, 3.63) is 61.9 Å². The third-order valence-corrected chi connectivity index (χ3v) is 8.14. The van der Waals surface area contributed by atoms with E-state index < -0.39 is 0 Å². The van der Waals surface area contributed by atoms with Gasteiger partial charge in [0.25, 0.3) is 11.5 Å². The van der Waals surface area contributed by atoms with E-state index in [1.807, 2.05) is 0 Å². The predicted octanol–water partition coefficient (Wildman–Crippen LogP) is 4.71. The Morgan fingerprint density at radius 3 is 2.72 bits per heavy atom. The van der Waals surface area contributed by atoms with Gasteiger partial charge in [0.2, 0.25) is 0 Å². The predicted molar refractivity (Wildman–Crippen MR) is 124 cm³/mol. The Morgan fingerprint density at radius 2 is 1.97 bits per heavy atom.